The van der Waals surface area contributed by atoms with Crippen molar-refractivity contribution in [3.63, 3.8) is 0 Å². The first-order chi connectivity index (χ1) is 6.72. The normalized spacial score (nSPS) is 10.3. The number of nitrogens with two attached hydrogens (primary N) is 1. The molecule has 2 aromatic rings. The molecule has 1 heterocycles. The van der Waals surface area contributed by atoms with Crippen LogP contribution in [0, 0.1) is 17.1 Å². The molecule has 0 aliphatic carbocycles. The third kappa shape index (κ3) is 1.32. The first-order valence-corrected chi connectivity index (χ1v) is 4.92. The number of rotatable bonds is 1. The van der Waals surface area contributed by atoms with Crippen LogP contribution in [0.1, 0.15) is 5.56 Å². The summed E-state index contributed by atoms with van der Waals surface area (Å²) in [5.74, 6) is -0.357. The smallest absolute Gasteiger partial charge is 0.128 e. The average molecular weight is 206 g/mol. The minimum absolute atomic E-state index is 0.0968. The highest BCUT2D eigenvalue weighted by molar-refractivity contribution is 7.17. The second kappa shape index (κ2) is 3.28. The molecule has 0 fully saturated rings. The standard InChI is InChI=1S/C10H7FN2S/c11-8-4-7-9(13)5-14-10(7)3-6(8)1-2-12/h3-5H,1,13H2. The van der Waals surface area contributed by atoms with Crippen LogP contribution in [0.3, 0.4) is 0 Å². The fourth-order valence-corrected chi connectivity index (χ4v) is 2.22. The zero-order chi connectivity index (χ0) is 10.1. The SMILES string of the molecule is N#CCc1cc2scc(N)c2cc1F. The van der Waals surface area contributed by atoms with Gasteiger partial charge in [-0.05, 0) is 12.1 Å². The van der Waals surface area contributed by atoms with Crippen molar-refractivity contribution in [2.24, 2.45) is 0 Å². The Morgan fingerprint density at radius 2 is 2.29 bits per heavy atom. The van der Waals surface area contributed by atoms with Gasteiger partial charge in [-0.2, -0.15) is 5.26 Å². The van der Waals surface area contributed by atoms with E-state index in [4.69, 9.17) is 11.0 Å². The summed E-state index contributed by atoms with van der Waals surface area (Å²) in [6, 6.07) is 5.02. The summed E-state index contributed by atoms with van der Waals surface area (Å²) in [6.07, 6.45) is 0.0968. The Morgan fingerprint density at radius 1 is 1.50 bits per heavy atom. The molecule has 14 heavy (non-hydrogen) atoms. The number of halogens is 1. The van der Waals surface area contributed by atoms with Crippen LogP contribution in [-0.4, -0.2) is 0 Å². The van der Waals surface area contributed by atoms with Gasteiger partial charge in [0.2, 0.25) is 0 Å². The number of anilines is 1. The van der Waals surface area contributed by atoms with Crippen LogP contribution in [0.25, 0.3) is 10.1 Å². The van der Waals surface area contributed by atoms with E-state index in [9.17, 15) is 4.39 Å². The lowest BCUT2D eigenvalue weighted by Gasteiger charge is -1.98. The van der Waals surface area contributed by atoms with Gasteiger partial charge in [0.05, 0.1) is 18.2 Å². The van der Waals surface area contributed by atoms with Crippen molar-refractivity contribution in [3.8, 4) is 6.07 Å². The van der Waals surface area contributed by atoms with Crippen LogP contribution in [0.4, 0.5) is 10.1 Å². The lowest BCUT2D eigenvalue weighted by Crippen LogP contribution is -1.89. The number of nitrogen functional groups attached to an aromatic ring is 1. The van der Waals surface area contributed by atoms with E-state index < -0.39 is 0 Å². The summed E-state index contributed by atoms with van der Waals surface area (Å²) in [7, 11) is 0. The molecule has 0 aliphatic heterocycles. The molecule has 0 amide bonds. The zero-order valence-corrected chi connectivity index (χ0v) is 8.07. The van der Waals surface area contributed by atoms with E-state index in [0.717, 1.165) is 10.1 Å². The molecule has 4 heteroatoms. The fourth-order valence-electron chi connectivity index (χ4n) is 1.33. The number of benzene rings is 1. The Hall–Kier alpha value is -1.60. The van der Waals surface area contributed by atoms with Gasteiger partial charge >= 0.3 is 0 Å². The zero-order valence-electron chi connectivity index (χ0n) is 7.25. The summed E-state index contributed by atoms with van der Waals surface area (Å²) in [4.78, 5) is 0. The van der Waals surface area contributed by atoms with Crippen LogP contribution in [0.15, 0.2) is 17.5 Å². The molecular weight excluding hydrogens is 199 g/mol. The van der Waals surface area contributed by atoms with Crippen LogP contribution in [0.5, 0.6) is 0 Å². The number of nitriles is 1. The Labute approximate surface area is 84.4 Å². The van der Waals surface area contributed by atoms with Gasteiger partial charge in [0.1, 0.15) is 5.82 Å². The molecule has 0 radical (unpaired) electrons. The maximum absolute atomic E-state index is 13.4. The molecular formula is C10H7FN2S. The van der Waals surface area contributed by atoms with Crippen LogP contribution in [-0.2, 0) is 6.42 Å². The van der Waals surface area contributed by atoms with Crippen molar-refractivity contribution >= 4 is 27.1 Å². The Bertz CT molecular complexity index is 525. The maximum atomic E-state index is 13.4. The Kier molecular flexibility index (Phi) is 2.10. The summed E-state index contributed by atoms with van der Waals surface area (Å²) in [6.45, 7) is 0. The van der Waals surface area contributed by atoms with E-state index in [2.05, 4.69) is 0 Å². The van der Waals surface area contributed by atoms with E-state index in [0.29, 0.717) is 11.3 Å². The van der Waals surface area contributed by atoms with Gasteiger partial charge in [0.15, 0.2) is 0 Å². The van der Waals surface area contributed by atoms with Gasteiger partial charge in [-0.25, -0.2) is 4.39 Å². The molecule has 1 aromatic heterocycles. The maximum Gasteiger partial charge on any atom is 0.128 e. The first kappa shape index (κ1) is 8.97. The monoisotopic (exact) mass is 206 g/mol. The molecule has 0 saturated carbocycles. The lowest BCUT2D eigenvalue weighted by atomic mass is 10.1. The van der Waals surface area contributed by atoms with Gasteiger partial charge in [-0.3, -0.25) is 0 Å². The summed E-state index contributed by atoms with van der Waals surface area (Å²) >= 11 is 1.46. The van der Waals surface area contributed by atoms with Crippen LogP contribution < -0.4 is 5.73 Å². The van der Waals surface area contributed by atoms with E-state index in [1.165, 1.54) is 17.4 Å². The van der Waals surface area contributed by atoms with Crippen molar-refractivity contribution in [2.75, 3.05) is 5.73 Å². The predicted octanol–water partition coefficient (Wildman–Crippen LogP) is 2.69. The molecule has 2 rings (SSSR count). The Morgan fingerprint density at radius 3 is 3.00 bits per heavy atom. The van der Waals surface area contributed by atoms with Crippen molar-refractivity contribution in [2.45, 2.75) is 6.42 Å². The second-order valence-electron chi connectivity index (χ2n) is 2.97. The molecule has 0 aliphatic rings. The fraction of sp³-hybridized carbons (Fsp3) is 0.100. The van der Waals surface area contributed by atoms with Gasteiger partial charge < -0.3 is 5.73 Å². The first-order valence-electron chi connectivity index (χ1n) is 4.04. The quantitative estimate of drug-likeness (QED) is 0.779. The van der Waals surface area contributed by atoms with E-state index in [1.807, 2.05) is 6.07 Å². The van der Waals surface area contributed by atoms with Gasteiger partial charge in [-0.15, -0.1) is 11.3 Å². The van der Waals surface area contributed by atoms with Gasteiger partial charge in [0, 0.05) is 21.0 Å². The topological polar surface area (TPSA) is 49.8 Å². The molecule has 0 unspecified atom stereocenters. The number of nitrogens with zero attached hydrogens (tertiary/aromatic N) is 1. The summed E-state index contributed by atoms with van der Waals surface area (Å²) in [5, 5.41) is 11.0. The highest BCUT2D eigenvalue weighted by atomic mass is 32.1. The highest BCUT2D eigenvalue weighted by Gasteiger charge is 2.07. The minimum atomic E-state index is -0.357. The number of thiophene rings is 1. The van der Waals surface area contributed by atoms with E-state index in [-0.39, 0.29) is 12.2 Å². The molecule has 2 nitrogen and oxygen atoms in total. The van der Waals surface area contributed by atoms with Gasteiger partial charge in [0.25, 0.3) is 0 Å². The summed E-state index contributed by atoms with van der Waals surface area (Å²) in [5.41, 5.74) is 6.67. The van der Waals surface area contributed by atoms with E-state index in [1.54, 1.807) is 11.4 Å². The minimum Gasteiger partial charge on any atom is -0.398 e. The largest absolute Gasteiger partial charge is 0.398 e. The third-order valence-corrected chi connectivity index (χ3v) is 3.01. The van der Waals surface area contributed by atoms with Crippen molar-refractivity contribution < 1.29 is 4.39 Å². The predicted molar refractivity (Wildman–Crippen MR) is 55.5 cm³/mol. The van der Waals surface area contributed by atoms with Crippen molar-refractivity contribution in [3.05, 3.63) is 28.9 Å². The second-order valence-corrected chi connectivity index (χ2v) is 3.88. The molecule has 0 atom stereocenters. The molecule has 0 bridgehead atoms. The summed E-state index contributed by atoms with van der Waals surface area (Å²) < 4.78 is 14.3. The highest BCUT2D eigenvalue weighted by Crippen LogP contribution is 2.30. The molecule has 0 saturated heterocycles. The number of hydrogen-bond donors (Lipinski definition) is 1. The average Bonchev–Trinajstić information content (AvgIpc) is 2.50. The number of hydrogen-bond acceptors (Lipinski definition) is 3. The third-order valence-electron chi connectivity index (χ3n) is 2.04. The van der Waals surface area contributed by atoms with Gasteiger partial charge in [-0.1, -0.05) is 0 Å². The van der Waals surface area contributed by atoms with Crippen LogP contribution in [0.2, 0.25) is 0 Å². The van der Waals surface area contributed by atoms with E-state index >= 15 is 0 Å². The number of fused-ring (bicyclic) bond motifs is 1. The molecule has 70 valence electrons. The van der Waals surface area contributed by atoms with Crippen LogP contribution >= 0.6 is 11.3 Å². The molecule has 1 aromatic carbocycles. The Balaban J connectivity index is 2.67. The molecule has 2 N–H and O–H groups in total. The van der Waals surface area contributed by atoms with Crippen molar-refractivity contribution in [1.29, 1.82) is 5.26 Å². The van der Waals surface area contributed by atoms with Crippen molar-refractivity contribution in [1.82, 2.24) is 0 Å². The molecule has 0 spiro atoms. The lowest BCUT2D eigenvalue weighted by molar-refractivity contribution is 0.617.